The fourth-order valence-electron chi connectivity index (χ4n) is 1.76. The molecule has 0 radical (unpaired) electrons. The Labute approximate surface area is 76.1 Å². The van der Waals surface area contributed by atoms with E-state index < -0.39 is 5.91 Å². The molecule has 0 atom stereocenters. The second kappa shape index (κ2) is 3.20. The molecule has 2 N–H and O–H groups in total. The molecule has 1 heterocycles. The second-order valence-electron chi connectivity index (χ2n) is 3.36. The summed E-state index contributed by atoms with van der Waals surface area (Å²) >= 11 is 0. The zero-order chi connectivity index (χ0) is 9.26. The van der Waals surface area contributed by atoms with Crippen molar-refractivity contribution in [1.82, 2.24) is 5.16 Å². The highest BCUT2D eigenvalue weighted by atomic mass is 16.5. The van der Waals surface area contributed by atoms with Crippen molar-refractivity contribution >= 4 is 5.91 Å². The molecule has 4 nitrogen and oxygen atoms in total. The number of primary amides is 1. The maximum atomic E-state index is 10.9. The van der Waals surface area contributed by atoms with Crippen molar-refractivity contribution in [3.05, 3.63) is 17.0 Å². The van der Waals surface area contributed by atoms with Gasteiger partial charge in [-0.15, -0.1) is 0 Å². The molecule has 0 saturated heterocycles. The molecule has 70 valence electrons. The summed E-state index contributed by atoms with van der Waals surface area (Å²) in [7, 11) is 0. The second-order valence-corrected chi connectivity index (χ2v) is 3.36. The molecule has 4 heteroatoms. The van der Waals surface area contributed by atoms with Crippen LogP contribution in [0, 0.1) is 0 Å². The van der Waals surface area contributed by atoms with E-state index in [4.69, 9.17) is 10.3 Å². The topological polar surface area (TPSA) is 69.1 Å². The lowest BCUT2D eigenvalue weighted by atomic mass is 10.1. The van der Waals surface area contributed by atoms with Gasteiger partial charge in [-0.05, 0) is 25.7 Å². The molecular weight excluding hydrogens is 168 g/mol. The summed E-state index contributed by atoms with van der Waals surface area (Å²) in [5, 5.41) is 3.86. The Hall–Kier alpha value is -1.32. The molecule has 1 amide bonds. The lowest BCUT2D eigenvalue weighted by Crippen LogP contribution is -2.12. The molecule has 0 spiro atoms. The van der Waals surface area contributed by atoms with E-state index >= 15 is 0 Å². The van der Waals surface area contributed by atoms with Gasteiger partial charge in [0.25, 0.3) is 5.91 Å². The first-order valence-electron chi connectivity index (χ1n) is 4.56. The van der Waals surface area contributed by atoms with E-state index in [9.17, 15) is 4.79 Å². The van der Waals surface area contributed by atoms with Crippen LogP contribution < -0.4 is 5.73 Å². The molecule has 0 aromatic carbocycles. The van der Waals surface area contributed by atoms with Crippen LogP contribution in [0.25, 0.3) is 0 Å². The van der Waals surface area contributed by atoms with E-state index in [1.165, 1.54) is 6.42 Å². The summed E-state index contributed by atoms with van der Waals surface area (Å²) in [6, 6.07) is 0. The van der Waals surface area contributed by atoms with Crippen molar-refractivity contribution in [1.29, 1.82) is 0 Å². The lowest BCUT2D eigenvalue weighted by Gasteiger charge is -1.94. The highest BCUT2D eigenvalue weighted by Crippen LogP contribution is 2.22. The Bertz CT molecular complexity index is 330. The van der Waals surface area contributed by atoms with Crippen molar-refractivity contribution in [2.75, 3.05) is 0 Å². The summed E-state index contributed by atoms with van der Waals surface area (Å²) in [6.45, 7) is 0. The van der Waals surface area contributed by atoms with E-state index in [1.54, 1.807) is 0 Å². The van der Waals surface area contributed by atoms with E-state index in [0.717, 1.165) is 36.9 Å². The van der Waals surface area contributed by atoms with Crippen molar-refractivity contribution < 1.29 is 9.32 Å². The number of amides is 1. The third-order valence-electron chi connectivity index (χ3n) is 2.43. The normalized spacial score (nSPS) is 16.3. The van der Waals surface area contributed by atoms with Crippen molar-refractivity contribution in [2.24, 2.45) is 5.73 Å². The molecular formula is C9H12N2O2. The van der Waals surface area contributed by atoms with Gasteiger partial charge in [-0.25, -0.2) is 0 Å². The minimum absolute atomic E-state index is 0.261. The number of nitrogens with zero attached hydrogens (tertiary/aromatic N) is 1. The molecule has 0 aliphatic heterocycles. The number of rotatable bonds is 1. The van der Waals surface area contributed by atoms with Gasteiger partial charge in [0.2, 0.25) is 5.76 Å². The maximum absolute atomic E-state index is 10.9. The highest BCUT2D eigenvalue weighted by molar-refractivity contribution is 5.91. The number of hydrogen-bond acceptors (Lipinski definition) is 3. The fraction of sp³-hybridized carbons (Fsp3) is 0.556. The number of aromatic nitrogens is 1. The summed E-state index contributed by atoms with van der Waals surface area (Å²) in [6.07, 6.45) is 5.18. The van der Waals surface area contributed by atoms with Gasteiger partial charge in [-0.2, -0.15) is 0 Å². The molecule has 0 bridgehead atoms. The molecule has 1 aliphatic carbocycles. The van der Waals surface area contributed by atoms with Crippen LogP contribution in [0.2, 0.25) is 0 Å². The van der Waals surface area contributed by atoms with Gasteiger partial charge < -0.3 is 10.3 Å². The number of carbonyl (C=O) groups excluding carboxylic acids is 1. The van der Waals surface area contributed by atoms with Crippen LogP contribution in [-0.4, -0.2) is 11.1 Å². The molecule has 1 aliphatic rings. The van der Waals surface area contributed by atoms with E-state index in [0.29, 0.717) is 0 Å². The van der Waals surface area contributed by atoms with Crippen LogP contribution >= 0.6 is 0 Å². The summed E-state index contributed by atoms with van der Waals surface area (Å²) in [5.41, 5.74) is 7.02. The number of carbonyl (C=O) groups is 1. The van der Waals surface area contributed by atoms with Gasteiger partial charge in [0.15, 0.2) is 0 Å². The van der Waals surface area contributed by atoms with Crippen LogP contribution in [0.15, 0.2) is 4.52 Å². The predicted octanol–water partition coefficient (Wildman–Crippen LogP) is 1.04. The molecule has 0 unspecified atom stereocenters. The zero-order valence-electron chi connectivity index (χ0n) is 7.38. The third-order valence-corrected chi connectivity index (χ3v) is 2.43. The Kier molecular flexibility index (Phi) is 2.04. The van der Waals surface area contributed by atoms with Crippen LogP contribution in [0.3, 0.4) is 0 Å². The lowest BCUT2D eigenvalue weighted by molar-refractivity contribution is 0.0963. The largest absolute Gasteiger partial charge is 0.363 e. The third kappa shape index (κ3) is 1.43. The summed E-state index contributed by atoms with van der Waals surface area (Å²) < 4.78 is 4.91. The summed E-state index contributed by atoms with van der Waals surface area (Å²) in [4.78, 5) is 10.9. The van der Waals surface area contributed by atoms with Gasteiger partial charge in [-0.1, -0.05) is 11.6 Å². The molecule has 0 saturated carbocycles. The van der Waals surface area contributed by atoms with Crippen LogP contribution in [-0.2, 0) is 12.8 Å². The fourth-order valence-corrected chi connectivity index (χ4v) is 1.76. The first-order valence-corrected chi connectivity index (χ1v) is 4.56. The number of nitrogens with two attached hydrogens (primary N) is 1. The average Bonchev–Trinajstić information content (AvgIpc) is 2.36. The van der Waals surface area contributed by atoms with Crippen molar-refractivity contribution in [3.63, 3.8) is 0 Å². The van der Waals surface area contributed by atoms with Gasteiger partial charge >= 0.3 is 0 Å². The number of hydrogen-bond donors (Lipinski definition) is 1. The SMILES string of the molecule is NC(=O)c1onc2c1CCCCC2. The van der Waals surface area contributed by atoms with Crippen molar-refractivity contribution in [2.45, 2.75) is 32.1 Å². The van der Waals surface area contributed by atoms with E-state index in [1.807, 2.05) is 0 Å². The van der Waals surface area contributed by atoms with Gasteiger partial charge in [0.1, 0.15) is 0 Å². The van der Waals surface area contributed by atoms with Gasteiger partial charge in [0, 0.05) is 5.56 Å². The zero-order valence-corrected chi connectivity index (χ0v) is 7.38. The molecule has 0 fully saturated rings. The van der Waals surface area contributed by atoms with Crippen LogP contribution in [0.1, 0.15) is 41.1 Å². The minimum atomic E-state index is -0.504. The van der Waals surface area contributed by atoms with Gasteiger partial charge in [-0.3, -0.25) is 4.79 Å². The molecule has 13 heavy (non-hydrogen) atoms. The Morgan fingerprint density at radius 3 is 2.85 bits per heavy atom. The van der Waals surface area contributed by atoms with Crippen LogP contribution in [0.5, 0.6) is 0 Å². The maximum Gasteiger partial charge on any atom is 0.287 e. The Morgan fingerprint density at radius 1 is 1.31 bits per heavy atom. The molecule has 1 aromatic rings. The first kappa shape index (κ1) is 8.29. The average molecular weight is 180 g/mol. The van der Waals surface area contributed by atoms with Gasteiger partial charge in [0.05, 0.1) is 5.69 Å². The smallest absolute Gasteiger partial charge is 0.287 e. The Morgan fingerprint density at radius 2 is 2.08 bits per heavy atom. The predicted molar refractivity (Wildman–Crippen MR) is 46.3 cm³/mol. The van der Waals surface area contributed by atoms with Crippen LogP contribution in [0.4, 0.5) is 0 Å². The Balaban J connectivity index is 2.39. The molecule has 1 aromatic heterocycles. The number of fused-ring (bicyclic) bond motifs is 1. The molecule has 2 rings (SSSR count). The highest BCUT2D eigenvalue weighted by Gasteiger charge is 2.20. The van der Waals surface area contributed by atoms with Crippen molar-refractivity contribution in [3.8, 4) is 0 Å². The number of aryl methyl sites for hydroxylation is 1. The standard InChI is InChI=1S/C9H12N2O2/c10-9(12)8-6-4-2-1-3-5-7(6)11-13-8/h1-5H2,(H2,10,12). The van der Waals surface area contributed by atoms with E-state index in [2.05, 4.69) is 5.16 Å². The quantitative estimate of drug-likeness (QED) is 0.656. The summed E-state index contributed by atoms with van der Waals surface area (Å²) in [5.74, 6) is -0.243. The minimum Gasteiger partial charge on any atom is -0.363 e. The first-order chi connectivity index (χ1) is 6.29. The van der Waals surface area contributed by atoms with E-state index in [-0.39, 0.29) is 5.76 Å². The monoisotopic (exact) mass is 180 g/mol.